The zero-order valence-electron chi connectivity index (χ0n) is 14.2. The third kappa shape index (κ3) is 7.52. The van der Waals surface area contributed by atoms with Crippen LogP contribution in [-0.2, 0) is 6.42 Å². The van der Waals surface area contributed by atoms with Gasteiger partial charge in [-0.1, -0.05) is 23.7 Å². The summed E-state index contributed by atoms with van der Waals surface area (Å²) in [4.78, 5) is 5.94. The Morgan fingerprint density at radius 3 is 2.68 bits per heavy atom. The third-order valence-corrected chi connectivity index (χ3v) is 4.20. The molecule has 25 heavy (non-hydrogen) atoms. The number of alkyl halides is 3. The molecule has 1 heterocycles. The molecule has 2 rings (SSSR count). The molecule has 140 valence electrons. The Kier molecular flexibility index (Phi) is 7.38. The van der Waals surface area contributed by atoms with Crippen LogP contribution in [-0.4, -0.2) is 55.8 Å². The molecular formula is C17H24ClF3N4. The van der Waals surface area contributed by atoms with E-state index in [0.29, 0.717) is 43.6 Å². The lowest BCUT2D eigenvalue weighted by Gasteiger charge is -2.19. The molecule has 1 aromatic rings. The van der Waals surface area contributed by atoms with Crippen molar-refractivity contribution in [3.05, 3.63) is 34.9 Å². The zero-order chi connectivity index (χ0) is 18.3. The average molecular weight is 377 g/mol. The maximum atomic E-state index is 12.5. The van der Waals surface area contributed by atoms with Gasteiger partial charge >= 0.3 is 6.18 Å². The zero-order valence-corrected chi connectivity index (χ0v) is 15.0. The van der Waals surface area contributed by atoms with Gasteiger partial charge in [0.15, 0.2) is 5.96 Å². The van der Waals surface area contributed by atoms with Crippen molar-refractivity contribution < 1.29 is 13.2 Å². The highest BCUT2D eigenvalue weighted by Crippen LogP contribution is 2.19. The minimum absolute atomic E-state index is 0.0179. The fourth-order valence-corrected chi connectivity index (χ4v) is 2.93. The van der Waals surface area contributed by atoms with Gasteiger partial charge in [0.1, 0.15) is 0 Å². The number of aliphatic imine (C=N–C) groups is 1. The van der Waals surface area contributed by atoms with Gasteiger partial charge in [0.25, 0.3) is 0 Å². The van der Waals surface area contributed by atoms with Gasteiger partial charge < -0.3 is 10.6 Å². The summed E-state index contributed by atoms with van der Waals surface area (Å²) in [6, 6.07) is 7.60. The van der Waals surface area contributed by atoms with Gasteiger partial charge in [0.2, 0.25) is 0 Å². The van der Waals surface area contributed by atoms with Crippen molar-refractivity contribution in [2.75, 3.05) is 32.7 Å². The molecule has 0 aliphatic carbocycles. The van der Waals surface area contributed by atoms with E-state index in [-0.39, 0.29) is 6.04 Å². The van der Waals surface area contributed by atoms with Gasteiger partial charge in [0.05, 0.1) is 6.54 Å². The molecule has 2 N–H and O–H groups in total. The van der Waals surface area contributed by atoms with Crippen LogP contribution in [0.3, 0.4) is 0 Å². The van der Waals surface area contributed by atoms with Crippen molar-refractivity contribution in [2.24, 2.45) is 4.99 Å². The molecule has 1 saturated heterocycles. The number of rotatable bonds is 6. The van der Waals surface area contributed by atoms with Gasteiger partial charge in [-0.15, -0.1) is 0 Å². The molecule has 1 aromatic carbocycles. The first-order valence-electron chi connectivity index (χ1n) is 8.44. The van der Waals surface area contributed by atoms with Gasteiger partial charge in [-0.05, 0) is 37.5 Å². The molecule has 1 unspecified atom stereocenters. The van der Waals surface area contributed by atoms with Crippen LogP contribution >= 0.6 is 11.6 Å². The predicted octanol–water partition coefficient (Wildman–Crippen LogP) is 3.07. The molecule has 0 aromatic heterocycles. The molecule has 0 amide bonds. The maximum absolute atomic E-state index is 12.5. The second-order valence-electron chi connectivity index (χ2n) is 6.12. The number of benzene rings is 1. The first-order chi connectivity index (χ1) is 11.9. The molecule has 0 saturated carbocycles. The van der Waals surface area contributed by atoms with Crippen molar-refractivity contribution in [1.82, 2.24) is 15.5 Å². The quantitative estimate of drug-likeness (QED) is 0.592. The van der Waals surface area contributed by atoms with Gasteiger partial charge in [0, 0.05) is 37.2 Å². The summed E-state index contributed by atoms with van der Waals surface area (Å²) in [7, 11) is 0. The molecule has 1 fully saturated rings. The maximum Gasteiger partial charge on any atom is 0.401 e. The van der Waals surface area contributed by atoms with E-state index in [2.05, 4.69) is 15.6 Å². The van der Waals surface area contributed by atoms with Crippen molar-refractivity contribution in [3.63, 3.8) is 0 Å². The van der Waals surface area contributed by atoms with Gasteiger partial charge in [-0.2, -0.15) is 13.2 Å². The number of halogens is 4. The summed E-state index contributed by atoms with van der Waals surface area (Å²) in [6.07, 6.45) is -2.69. The van der Waals surface area contributed by atoms with Gasteiger partial charge in [-0.25, -0.2) is 0 Å². The normalized spacial score (nSPS) is 19.2. The number of hydrogen-bond donors (Lipinski definition) is 2. The minimum Gasteiger partial charge on any atom is -0.357 e. The van der Waals surface area contributed by atoms with E-state index in [1.165, 1.54) is 4.90 Å². The minimum atomic E-state index is -4.15. The highest BCUT2D eigenvalue weighted by atomic mass is 35.5. The van der Waals surface area contributed by atoms with E-state index in [1.54, 1.807) is 0 Å². The highest BCUT2D eigenvalue weighted by Gasteiger charge is 2.34. The fraction of sp³-hybridized carbons (Fsp3) is 0.588. The van der Waals surface area contributed by atoms with Crippen molar-refractivity contribution >= 4 is 17.6 Å². The van der Waals surface area contributed by atoms with Crippen LogP contribution in [0, 0.1) is 0 Å². The highest BCUT2D eigenvalue weighted by molar-refractivity contribution is 6.30. The Bertz CT molecular complexity index is 560. The van der Waals surface area contributed by atoms with Crippen LogP contribution in [0.5, 0.6) is 0 Å². The molecule has 4 nitrogen and oxygen atoms in total. The average Bonchev–Trinajstić information content (AvgIpc) is 2.94. The smallest absolute Gasteiger partial charge is 0.357 e. The molecule has 0 radical (unpaired) electrons. The van der Waals surface area contributed by atoms with Crippen LogP contribution in [0.2, 0.25) is 5.02 Å². The molecule has 0 bridgehead atoms. The summed E-state index contributed by atoms with van der Waals surface area (Å²) in [5.74, 6) is 0.648. The second-order valence-corrected chi connectivity index (χ2v) is 6.55. The van der Waals surface area contributed by atoms with E-state index in [1.807, 2.05) is 31.2 Å². The molecule has 8 heteroatoms. The van der Waals surface area contributed by atoms with Crippen molar-refractivity contribution in [1.29, 1.82) is 0 Å². The summed E-state index contributed by atoms with van der Waals surface area (Å²) < 4.78 is 37.4. The van der Waals surface area contributed by atoms with Crippen molar-refractivity contribution in [2.45, 2.75) is 32.0 Å². The number of nitrogens with one attached hydrogen (secondary N) is 2. The van der Waals surface area contributed by atoms with E-state index < -0.39 is 12.7 Å². The first kappa shape index (κ1) is 19.8. The Morgan fingerprint density at radius 1 is 1.32 bits per heavy atom. The Labute approximate surface area is 151 Å². The summed E-state index contributed by atoms with van der Waals surface area (Å²) >= 11 is 5.86. The predicted molar refractivity (Wildman–Crippen MR) is 95.2 cm³/mol. The lowest BCUT2D eigenvalue weighted by Crippen LogP contribution is -2.45. The molecule has 1 atom stereocenters. The topological polar surface area (TPSA) is 39.7 Å². The fourth-order valence-electron chi connectivity index (χ4n) is 2.81. The number of nitrogens with zero attached hydrogens (tertiary/aromatic N) is 2. The lowest BCUT2D eigenvalue weighted by molar-refractivity contribution is -0.143. The van der Waals surface area contributed by atoms with E-state index in [0.717, 1.165) is 12.0 Å². The molecular weight excluding hydrogens is 353 g/mol. The van der Waals surface area contributed by atoms with E-state index >= 15 is 0 Å². The Balaban J connectivity index is 1.82. The van der Waals surface area contributed by atoms with E-state index in [9.17, 15) is 13.2 Å². The number of likely N-dealkylation sites (tertiary alicyclic amines) is 1. The standard InChI is InChI=1S/C17H24ClF3N4/c1-2-22-16(23-9-7-13-3-5-14(18)6-4-13)24-15-8-10-25(11-15)12-17(19,20)21/h3-6,15H,2,7-12H2,1H3,(H2,22,23,24). The largest absolute Gasteiger partial charge is 0.401 e. The van der Waals surface area contributed by atoms with Crippen LogP contribution < -0.4 is 10.6 Å². The first-order valence-corrected chi connectivity index (χ1v) is 8.82. The molecule has 0 spiro atoms. The Hall–Kier alpha value is -1.47. The monoisotopic (exact) mass is 376 g/mol. The SMILES string of the molecule is CCNC(=NCCc1ccc(Cl)cc1)NC1CCN(CC(F)(F)F)C1. The van der Waals surface area contributed by atoms with Crippen molar-refractivity contribution in [3.8, 4) is 0 Å². The van der Waals surface area contributed by atoms with Crippen LogP contribution in [0.25, 0.3) is 0 Å². The number of hydrogen-bond acceptors (Lipinski definition) is 2. The Morgan fingerprint density at radius 2 is 2.04 bits per heavy atom. The summed E-state index contributed by atoms with van der Waals surface area (Å²) in [5.41, 5.74) is 1.14. The molecule has 1 aliphatic heterocycles. The van der Waals surface area contributed by atoms with Gasteiger partial charge in [-0.3, -0.25) is 9.89 Å². The molecule has 1 aliphatic rings. The lowest BCUT2D eigenvalue weighted by atomic mass is 10.1. The van der Waals surface area contributed by atoms with Crippen LogP contribution in [0.4, 0.5) is 13.2 Å². The second kappa shape index (κ2) is 9.29. The van der Waals surface area contributed by atoms with E-state index in [4.69, 9.17) is 11.6 Å². The third-order valence-electron chi connectivity index (χ3n) is 3.94. The summed E-state index contributed by atoms with van der Waals surface area (Å²) in [5, 5.41) is 7.08. The van der Waals surface area contributed by atoms with Crippen LogP contribution in [0.1, 0.15) is 18.9 Å². The summed E-state index contributed by atoms with van der Waals surface area (Å²) in [6.45, 7) is 3.22. The number of guanidine groups is 1. The van der Waals surface area contributed by atoms with Crippen LogP contribution in [0.15, 0.2) is 29.3 Å².